The first-order valence-corrected chi connectivity index (χ1v) is 15.1. The van der Waals surface area contributed by atoms with Crippen molar-refractivity contribution in [2.24, 2.45) is 20.2 Å². The Morgan fingerprint density at radius 2 is 0.714 bits per heavy atom. The number of nitrogens with one attached hydrogen (secondary N) is 2. The molecule has 4 aromatic rings. The van der Waals surface area contributed by atoms with Gasteiger partial charge in [0.1, 0.15) is 11.7 Å². The number of hydrogen-bond acceptors (Lipinski definition) is 4. The van der Waals surface area contributed by atoms with E-state index in [1.54, 1.807) is 24.3 Å². The average Bonchev–Trinajstić information content (AvgIpc) is 3.62. The zero-order chi connectivity index (χ0) is 29.7. The Morgan fingerprint density at radius 3 is 1.07 bits per heavy atom. The van der Waals surface area contributed by atoms with Crippen LogP contribution in [0.2, 0.25) is 40.2 Å². The van der Waals surface area contributed by atoms with Crippen LogP contribution in [-0.4, -0.2) is 11.7 Å². The summed E-state index contributed by atoms with van der Waals surface area (Å²) in [6.07, 6.45) is 0. The fraction of sp³-hybridized carbons (Fsp3) is 0.0714. The van der Waals surface area contributed by atoms with Gasteiger partial charge in [-0.2, -0.15) is 10.2 Å². The molecule has 0 unspecified atom stereocenters. The molecule has 0 aliphatic carbocycles. The summed E-state index contributed by atoms with van der Waals surface area (Å²) in [6, 6.07) is 14.5. The average molecular weight is 718 g/mol. The van der Waals surface area contributed by atoms with Crippen molar-refractivity contribution in [1.29, 1.82) is 0 Å². The number of halogens is 8. The first-order valence-electron chi connectivity index (χ1n) is 12.1. The summed E-state index contributed by atoms with van der Waals surface area (Å²) in [7, 11) is 0. The molecule has 42 heavy (non-hydrogen) atoms. The second-order valence-corrected chi connectivity index (χ2v) is 12.1. The van der Waals surface area contributed by atoms with Crippen molar-refractivity contribution in [3.8, 4) is 0 Å². The number of amidine groups is 2. The lowest BCUT2D eigenvalue weighted by Crippen LogP contribution is -2.14. The lowest BCUT2D eigenvalue weighted by molar-refractivity contribution is 0.962. The van der Waals surface area contributed by atoms with Crippen LogP contribution in [0.5, 0.6) is 0 Å². The van der Waals surface area contributed by atoms with Gasteiger partial charge in [-0.25, -0.2) is 9.98 Å². The zero-order valence-corrected chi connectivity index (χ0v) is 26.9. The van der Waals surface area contributed by atoms with Crippen LogP contribution in [0, 0.1) is 0 Å². The molecule has 0 saturated heterocycles. The molecule has 0 bridgehead atoms. The van der Waals surface area contributed by atoms with Gasteiger partial charge in [-0.1, -0.05) is 92.8 Å². The third-order valence-corrected chi connectivity index (χ3v) is 10.2. The Morgan fingerprint density at radius 1 is 0.405 bits per heavy atom. The van der Waals surface area contributed by atoms with Crippen LogP contribution in [0.15, 0.2) is 68.7 Å². The van der Waals surface area contributed by atoms with Crippen LogP contribution in [0.1, 0.15) is 22.3 Å². The number of aliphatic imine (C=N–C) groups is 2. The molecule has 6 nitrogen and oxygen atoms in total. The van der Waals surface area contributed by atoms with Gasteiger partial charge in [-0.3, -0.25) is 0 Å². The summed E-state index contributed by atoms with van der Waals surface area (Å²) in [5, 5.41) is 17.2. The topological polar surface area (TPSA) is 73.5 Å². The number of nitrogens with zero attached hydrogens (tertiary/aromatic N) is 4. The second-order valence-electron chi connectivity index (χ2n) is 9.08. The van der Waals surface area contributed by atoms with Crippen molar-refractivity contribution in [3.63, 3.8) is 0 Å². The minimum Gasteiger partial charge on any atom is -0.365 e. The lowest BCUT2D eigenvalue weighted by atomic mass is 10.1. The maximum absolute atomic E-state index is 6.44. The van der Waals surface area contributed by atoms with Crippen molar-refractivity contribution >= 4 is 127 Å². The summed E-state index contributed by atoms with van der Waals surface area (Å²) < 4.78 is 0. The SMILES string of the molecule is Clc1c(Cl)c(Cl)c2c(c1Cl)CN/C2=N\c1ccc(/N=N/c2ccc(/N=C3\NCc4c(Cl)c(Cl)c(Cl)c(Cl)c43)cc2)cc1. The molecule has 0 amide bonds. The normalized spacial score (nSPS) is 15.8. The Labute approximate surface area is 280 Å². The van der Waals surface area contributed by atoms with Gasteiger partial charge >= 0.3 is 0 Å². The van der Waals surface area contributed by atoms with Crippen molar-refractivity contribution in [2.75, 3.05) is 0 Å². The molecule has 6 rings (SSSR count). The fourth-order valence-electron chi connectivity index (χ4n) is 4.45. The van der Waals surface area contributed by atoms with E-state index in [2.05, 4.69) is 30.8 Å². The molecule has 0 spiro atoms. The van der Waals surface area contributed by atoms with Crippen LogP contribution in [0.25, 0.3) is 0 Å². The maximum atomic E-state index is 6.44. The molecule has 2 aliphatic heterocycles. The van der Waals surface area contributed by atoms with Gasteiger partial charge in [0, 0.05) is 35.3 Å². The van der Waals surface area contributed by atoms with Gasteiger partial charge in [0.25, 0.3) is 0 Å². The van der Waals surface area contributed by atoms with Gasteiger partial charge < -0.3 is 10.6 Å². The molecule has 0 aromatic heterocycles. The molecule has 2 heterocycles. The van der Waals surface area contributed by atoms with Crippen LogP contribution in [0.4, 0.5) is 22.7 Å². The van der Waals surface area contributed by atoms with E-state index in [9.17, 15) is 0 Å². The molecule has 2 N–H and O–H groups in total. The molecule has 0 atom stereocenters. The van der Waals surface area contributed by atoms with E-state index in [0.29, 0.717) is 78.7 Å². The van der Waals surface area contributed by atoms with Gasteiger partial charge in [-0.05, 0) is 48.5 Å². The van der Waals surface area contributed by atoms with Crippen LogP contribution < -0.4 is 10.6 Å². The molecular weight excluding hydrogens is 704 g/mol. The molecule has 0 fully saturated rings. The van der Waals surface area contributed by atoms with E-state index in [-0.39, 0.29) is 20.1 Å². The standard InChI is InChI=1S/C28H14Cl8N6/c29-19-15-9-37-27(17(15)21(31)25(35)23(19)33)39-11-1-5-13(6-2-11)41-42-14-7-3-12(4-8-14)40-28-18-16(10-38-28)20(30)24(34)26(36)22(18)32/h1-8H,9-10H2,(H,37,39)(H,38,40)/b42-41+. The van der Waals surface area contributed by atoms with Crippen molar-refractivity contribution in [3.05, 3.63) is 111 Å². The van der Waals surface area contributed by atoms with E-state index < -0.39 is 0 Å². The molecule has 4 aromatic carbocycles. The van der Waals surface area contributed by atoms with E-state index in [1.807, 2.05) is 24.3 Å². The van der Waals surface area contributed by atoms with Crippen LogP contribution in [0.3, 0.4) is 0 Å². The number of azo groups is 1. The highest BCUT2D eigenvalue weighted by Gasteiger charge is 2.29. The third kappa shape index (κ3) is 5.44. The number of rotatable bonds is 4. The smallest absolute Gasteiger partial charge is 0.136 e. The van der Waals surface area contributed by atoms with E-state index in [1.165, 1.54) is 0 Å². The Kier molecular flexibility index (Phi) is 8.53. The fourth-order valence-corrected chi connectivity index (χ4v) is 6.55. The molecule has 14 heteroatoms. The summed E-state index contributed by atoms with van der Waals surface area (Å²) in [5.41, 5.74) is 5.44. The quantitative estimate of drug-likeness (QED) is 0.125. The molecule has 212 valence electrons. The number of hydrogen-bond donors (Lipinski definition) is 2. The molecule has 2 aliphatic rings. The summed E-state index contributed by atoms with van der Waals surface area (Å²) in [5.74, 6) is 1.11. The number of benzene rings is 4. The largest absolute Gasteiger partial charge is 0.365 e. The maximum Gasteiger partial charge on any atom is 0.136 e. The van der Waals surface area contributed by atoms with Crippen molar-refractivity contribution in [2.45, 2.75) is 13.1 Å². The number of fused-ring (bicyclic) bond motifs is 2. The predicted molar refractivity (Wildman–Crippen MR) is 176 cm³/mol. The third-order valence-electron chi connectivity index (χ3n) is 6.53. The zero-order valence-electron chi connectivity index (χ0n) is 20.8. The van der Waals surface area contributed by atoms with E-state index >= 15 is 0 Å². The Balaban J connectivity index is 1.17. The first-order chi connectivity index (χ1) is 20.1. The molecule has 0 saturated carbocycles. The van der Waals surface area contributed by atoms with Crippen LogP contribution in [-0.2, 0) is 13.1 Å². The summed E-state index contributed by atoms with van der Waals surface area (Å²) in [6.45, 7) is 0.882. The highest BCUT2D eigenvalue weighted by Crippen LogP contribution is 2.45. The van der Waals surface area contributed by atoms with Gasteiger partial charge in [0.15, 0.2) is 0 Å². The van der Waals surface area contributed by atoms with Gasteiger partial charge in [0.2, 0.25) is 0 Å². The van der Waals surface area contributed by atoms with Crippen molar-refractivity contribution in [1.82, 2.24) is 10.6 Å². The monoisotopic (exact) mass is 714 g/mol. The predicted octanol–water partition coefficient (Wildman–Crippen LogP) is 11.7. The summed E-state index contributed by atoms with van der Waals surface area (Å²) in [4.78, 5) is 9.32. The van der Waals surface area contributed by atoms with Crippen molar-refractivity contribution < 1.29 is 0 Å². The van der Waals surface area contributed by atoms with E-state index in [0.717, 1.165) is 11.1 Å². The minimum absolute atomic E-state index is 0.194. The first kappa shape index (κ1) is 29.8. The van der Waals surface area contributed by atoms with E-state index in [4.69, 9.17) is 92.8 Å². The van der Waals surface area contributed by atoms with Gasteiger partial charge in [-0.15, -0.1) is 0 Å². The minimum atomic E-state index is 0.194. The molecule has 0 radical (unpaired) electrons. The molecular formula is C28H14Cl8N6. The Hall–Kier alpha value is -2.26. The second kappa shape index (κ2) is 12.0. The highest BCUT2D eigenvalue weighted by atomic mass is 35.5. The highest BCUT2D eigenvalue weighted by molar-refractivity contribution is 6.54. The lowest BCUT2D eigenvalue weighted by Gasteiger charge is -2.09. The van der Waals surface area contributed by atoms with Crippen LogP contribution >= 0.6 is 92.8 Å². The summed E-state index contributed by atoms with van der Waals surface area (Å²) >= 11 is 50.5. The Bertz CT molecular complexity index is 1720. The van der Waals surface area contributed by atoms with Gasteiger partial charge in [0.05, 0.1) is 62.9 Å².